The van der Waals surface area contributed by atoms with E-state index in [2.05, 4.69) is 0 Å². The molecular formula is C11H18O4. The number of aliphatic hydroxyl groups is 1. The Morgan fingerprint density at radius 3 is 2.33 bits per heavy atom. The number of aliphatic hydroxyl groups excluding tert-OH is 1. The average molecular weight is 214 g/mol. The molecule has 0 aromatic rings. The van der Waals surface area contributed by atoms with E-state index in [1.54, 1.807) is 0 Å². The van der Waals surface area contributed by atoms with Gasteiger partial charge in [0, 0.05) is 11.3 Å². The largest absolute Gasteiger partial charge is 0.385 e. The first-order valence-electron chi connectivity index (χ1n) is 5.56. The molecule has 0 aliphatic carbocycles. The summed E-state index contributed by atoms with van der Waals surface area (Å²) in [6, 6.07) is 0. The van der Waals surface area contributed by atoms with Gasteiger partial charge in [-0.15, -0.1) is 0 Å². The van der Waals surface area contributed by atoms with E-state index in [9.17, 15) is 5.11 Å². The maximum Gasteiger partial charge on any atom is 0.205 e. The van der Waals surface area contributed by atoms with Crippen LogP contribution in [0.4, 0.5) is 0 Å². The summed E-state index contributed by atoms with van der Waals surface area (Å²) in [7, 11) is 0. The first-order chi connectivity index (χ1) is 6.87. The van der Waals surface area contributed by atoms with Gasteiger partial charge >= 0.3 is 0 Å². The summed E-state index contributed by atoms with van der Waals surface area (Å²) in [5, 5.41) is 10.3. The number of ether oxygens (including phenoxy) is 3. The fourth-order valence-electron chi connectivity index (χ4n) is 2.97. The van der Waals surface area contributed by atoms with Crippen LogP contribution in [-0.2, 0) is 14.2 Å². The topological polar surface area (TPSA) is 47.9 Å². The van der Waals surface area contributed by atoms with Crippen molar-refractivity contribution >= 4 is 0 Å². The first kappa shape index (κ1) is 10.0. The zero-order chi connectivity index (χ0) is 11.0. The molecule has 4 rings (SSSR count). The minimum absolute atomic E-state index is 0.0161. The van der Waals surface area contributed by atoms with Gasteiger partial charge in [0.15, 0.2) is 6.29 Å². The quantitative estimate of drug-likeness (QED) is 0.650. The second-order valence-electron chi connectivity index (χ2n) is 5.89. The molecule has 0 amide bonds. The molecule has 15 heavy (non-hydrogen) atoms. The maximum absolute atomic E-state index is 10.3. The van der Waals surface area contributed by atoms with E-state index in [-0.39, 0.29) is 29.8 Å². The standard InChI is InChI=1S/C11H18O4/c1-5-6-8(12)11(10(2,3)4)14-7(5)9(13-6)15-11/h5-9,12H,1-4H3. The third-order valence-electron chi connectivity index (χ3n) is 3.94. The Kier molecular flexibility index (Phi) is 1.71. The minimum Gasteiger partial charge on any atom is -0.385 e. The van der Waals surface area contributed by atoms with Crippen LogP contribution in [0.1, 0.15) is 27.7 Å². The number of hydrogen-bond donors (Lipinski definition) is 1. The molecule has 0 radical (unpaired) electrons. The van der Waals surface area contributed by atoms with Crippen LogP contribution in [0, 0.1) is 11.3 Å². The molecule has 6 unspecified atom stereocenters. The molecule has 0 aromatic carbocycles. The van der Waals surface area contributed by atoms with Crippen molar-refractivity contribution in [3.05, 3.63) is 0 Å². The van der Waals surface area contributed by atoms with E-state index in [0.717, 1.165) is 0 Å². The molecule has 4 bridgehead atoms. The predicted molar refractivity (Wildman–Crippen MR) is 52.0 cm³/mol. The molecule has 1 N–H and O–H groups in total. The molecule has 0 spiro atoms. The van der Waals surface area contributed by atoms with Crippen molar-refractivity contribution in [2.45, 2.75) is 58.1 Å². The zero-order valence-electron chi connectivity index (χ0n) is 9.56. The van der Waals surface area contributed by atoms with Crippen LogP contribution in [0.15, 0.2) is 0 Å². The smallest absolute Gasteiger partial charge is 0.205 e. The van der Waals surface area contributed by atoms with Crippen LogP contribution in [0.25, 0.3) is 0 Å². The van der Waals surface area contributed by atoms with Gasteiger partial charge in [-0.1, -0.05) is 27.7 Å². The molecule has 0 aromatic heterocycles. The van der Waals surface area contributed by atoms with Crippen molar-refractivity contribution in [1.82, 2.24) is 0 Å². The molecular weight excluding hydrogens is 196 g/mol. The molecule has 86 valence electrons. The van der Waals surface area contributed by atoms with E-state index in [1.807, 2.05) is 27.7 Å². The summed E-state index contributed by atoms with van der Waals surface area (Å²) < 4.78 is 17.3. The SMILES string of the molecule is CC1C2OC3(C(C)(C)C)OC2OC1C3O. The van der Waals surface area contributed by atoms with Gasteiger partial charge in [-0.05, 0) is 0 Å². The average Bonchev–Trinajstić information content (AvgIpc) is 2.55. The highest BCUT2D eigenvalue weighted by Gasteiger charge is 2.72. The molecule has 4 heterocycles. The normalized spacial score (nSPS) is 57.8. The highest BCUT2D eigenvalue weighted by Crippen LogP contribution is 2.56. The van der Waals surface area contributed by atoms with Gasteiger partial charge in [-0.25, -0.2) is 0 Å². The Hall–Kier alpha value is -0.160. The van der Waals surface area contributed by atoms with Gasteiger partial charge < -0.3 is 19.3 Å². The Labute approximate surface area is 89.5 Å². The lowest BCUT2D eigenvalue weighted by Crippen LogP contribution is -2.64. The van der Waals surface area contributed by atoms with Crippen LogP contribution in [0.2, 0.25) is 0 Å². The first-order valence-corrected chi connectivity index (χ1v) is 5.56. The van der Waals surface area contributed by atoms with Crippen LogP contribution in [0.5, 0.6) is 0 Å². The van der Waals surface area contributed by atoms with E-state index in [1.165, 1.54) is 0 Å². The summed E-state index contributed by atoms with van der Waals surface area (Å²) in [5.74, 6) is -0.666. The second-order valence-corrected chi connectivity index (χ2v) is 5.89. The van der Waals surface area contributed by atoms with E-state index in [0.29, 0.717) is 0 Å². The van der Waals surface area contributed by atoms with Crippen LogP contribution in [0.3, 0.4) is 0 Å². The van der Waals surface area contributed by atoms with Gasteiger partial charge in [-0.3, -0.25) is 0 Å². The molecule has 6 atom stereocenters. The van der Waals surface area contributed by atoms with Gasteiger partial charge in [-0.2, -0.15) is 0 Å². The number of hydrogen-bond acceptors (Lipinski definition) is 4. The van der Waals surface area contributed by atoms with Crippen molar-refractivity contribution in [2.24, 2.45) is 11.3 Å². The Morgan fingerprint density at radius 1 is 1.13 bits per heavy atom. The van der Waals surface area contributed by atoms with Gasteiger partial charge in [0.05, 0.1) is 6.10 Å². The third-order valence-corrected chi connectivity index (χ3v) is 3.94. The van der Waals surface area contributed by atoms with Crippen molar-refractivity contribution < 1.29 is 19.3 Å². The van der Waals surface area contributed by atoms with Gasteiger partial charge in [0.1, 0.15) is 12.2 Å². The van der Waals surface area contributed by atoms with Crippen molar-refractivity contribution in [2.75, 3.05) is 0 Å². The molecule has 4 saturated heterocycles. The maximum atomic E-state index is 10.3. The van der Waals surface area contributed by atoms with E-state index in [4.69, 9.17) is 14.2 Å². The Morgan fingerprint density at radius 2 is 1.80 bits per heavy atom. The number of rotatable bonds is 0. The summed E-state index contributed by atoms with van der Waals surface area (Å²) in [6.45, 7) is 8.11. The van der Waals surface area contributed by atoms with Gasteiger partial charge in [0.25, 0.3) is 0 Å². The fraction of sp³-hybridized carbons (Fsp3) is 1.00. The van der Waals surface area contributed by atoms with Crippen LogP contribution >= 0.6 is 0 Å². The molecule has 4 heteroatoms. The van der Waals surface area contributed by atoms with Crippen molar-refractivity contribution in [3.63, 3.8) is 0 Å². The molecule has 4 nitrogen and oxygen atoms in total. The van der Waals surface area contributed by atoms with Gasteiger partial charge in [0.2, 0.25) is 5.79 Å². The Bertz CT molecular complexity index is 297. The Balaban J connectivity index is 2.03. The monoisotopic (exact) mass is 214 g/mol. The van der Waals surface area contributed by atoms with Crippen LogP contribution < -0.4 is 0 Å². The second kappa shape index (κ2) is 2.56. The molecule has 4 aliphatic rings. The highest BCUT2D eigenvalue weighted by atomic mass is 16.9. The lowest BCUT2D eigenvalue weighted by atomic mass is 9.76. The molecule has 4 fully saturated rings. The summed E-state index contributed by atoms with van der Waals surface area (Å²) >= 11 is 0. The van der Waals surface area contributed by atoms with E-state index >= 15 is 0 Å². The lowest BCUT2D eigenvalue weighted by molar-refractivity contribution is -0.372. The molecule has 4 aliphatic heterocycles. The van der Waals surface area contributed by atoms with Crippen molar-refractivity contribution in [1.29, 1.82) is 0 Å². The summed E-state index contributed by atoms with van der Waals surface area (Å²) in [4.78, 5) is 0. The summed E-state index contributed by atoms with van der Waals surface area (Å²) in [6.07, 6.45) is -1.13. The fourth-order valence-corrected chi connectivity index (χ4v) is 2.97. The predicted octanol–water partition coefficient (Wildman–Crippen LogP) is 0.880. The minimum atomic E-state index is -0.877. The van der Waals surface area contributed by atoms with Crippen LogP contribution in [-0.4, -0.2) is 35.5 Å². The van der Waals surface area contributed by atoms with E-state index < -0.39 is 11.9 Å². The zero-order valence-corrected chi connectivity index (χ0v) is 9.56. The molecule has 0 saturated carbocycles. The highest BCUT2D eigenvalue weighted by molar-refractivity contribution is 5.10. The third kappa shape index (κ3) is 0.965. The summed E-state index contributed by atoms with van der Waals surface area (Å²) in [5.41, 5.74) is -0.248. The van der Waals surface area contributed by atoms with Crippen molar-refractivity contribution in [3.8, 4) is 0 Å². The lowest BCUT2D eigenvalue weighted by Gasteiger charge is -2.49.